The summed E-state index contributed by atoms with van der Waals surface area (Å²) in [6.45, 7) is 0. The molecule has 0 aliphatic heterocycles. The first kappa shape index (κ1) is 13.7. The Hall–Kier alpha value is 0.743. The summed E-state index contributed by atoms with van der Waals surface area (Å²) in [4.78, 5) is 0. The first-order chi connectivity index (χ1) is 6.41. The number of halogens is 2. The Morgan fingerprint density at radius 1 is 0.462 bits per heavy atom. The van der Waals surface area contributed by atoms with Gasteiger partial charge in [0.05, 0.1) is 0 Å². The van der Waals surface area contributed by atoms with Crippen molar-refractivity contribution >= 4 is 0 Å². The summed E-state index contributed by atoms with van der Waals surface area (Å²) >= 11 is -2.77. The van der Waals surface area contributed by atoms with Gasteiger partial charge in [0.25, 0.3) is 0 Å². The third-order valence-electron chi connectivity index (χ3n) is 1.11. The zero-order valence-corrected chi connectivity index (χ0v) is 9.49. The van der Waals surface area contributed by atoms with Crippen LogP contribution in [0, 0.1) is 64.2 Å². The molecule has 3 heteroatoms. The van der Waals surface area contributed by atoms with E-state index in [1.165, 1.54) is 0 Å². The summed E-state index contributed by atoms with van der Waals surface area (Å²) in [5, 5.41) is 0. The molecule has 0 aromatic carbocycles. The monoisotopic (exact) mass is 258 g/mol. The molecule has 0 heterocycles. The molecule has 68 valence electrons. The summed E-state index contributed by atoms with van der Waals surface area (Å²) in [7, 11) is 0. The van der Waals surface area contributed by atoms with Crippen LogP contribution >= 0.6 is 0 Å². The van der Waals surface area contributed by atoms with Gasteiger partial charge in [0.1, 0.15) is 0 Å². The molecule has 0 aromatic heterocycles. The molecule has 0 saturated heterocycles. The van der Waals surface area contributed by atoms with Crippen LogP contribution in [0.4, 0.5) is 5.25 Å². The topological polar surface area (TPSA) is 0 Å². The summed E-state index contributed by atoms with van der Waals surface area (Å²) < 4.78 is 19.6. The van der Waals surface area contributed by atoms with Crippen molar-refractivity contribution in [2.24, 2.45) is 0 Å². The minimum absolute atomic E-state index is 2.00. The molecular weight excluding hydrogens is 249 g/mol. The van der Waals surface area contributed by atoms with Gasteiger partial charge < -0.3 is 0 Å². The SMILES string of the molecule is [CH]1[CH][CH][CH][CH]1.[CH]1[CH][CH][CH][CH]1.[F][Zr][F]. The van der Waals surface area contributed by atoms with E-state index in [2.05, 4.69) is 0 Å². The third-order valence-corrected chi connectivity index (χ3v) is 1.11. The Morgan fingerprint density at radius 2 is 0.538 bits per heavy atom. The van der Waals surface area contributed by atoms with Crippen LogP contribution < -0.4 is 0 Å². The van der Waals surface area contributed by atoms with Gasteiger partial charge in [-0.25, -0.2) is 0 Å². The Morgan fingerprint density at radius 3 is 0.615 bits per heavy atom. The van der Waals surface area contributed by atoms with Crippen molar-refractivity contribution < 1.29 is 29.7 Å². The van der Waals surface area contributed by atoms with Crippen molar-refractivity contribution in [3.8, 4) is 0 Å². The molecule has 10 radical (unpaired) electrons. The van der Waals surface area contributed by atoms with Gasteiger partial charge in [-0.3, -0.25) is 0 Å². The first-order valence-electron chi connectivity index (χ1n) is 3.71. The molecule has 0 nitrogen and oxygen atoms in total. The van der Waals surface area contributed by atoms with Gasteiger partial charge in [-0.1, -0.05) is 0 Å². The van der Waals surface area contributed by atoms with Crippen molar-refractivity contribution in [2.75, 3.05) is 0 Å². The van der Waals surface area contributed by atoms with Crippen molar-refractivity contribution in [2.45, 2.75) is 0 Å². The van der Waals surface area contributed by atoms with Gasteiger partial charge in [-0.05, 0) is 64.2 Å². The van der Waals surface area contributed by atoms with Crippen LogP contribution in [0.3, 0.4) is 0 Å². The Bertz CT molecular complexity index is 55.8. The Balaban J connectivity index is 0.000000174. The average Bonchev–Trinajstić information content (AvgIpc) is 2.85. The zero-order chi connectivity index (χ0) is 9.78. The second-order valence-corrected chi connectivity index (χ2v) is 2.35. The minimum atomic E-state index is -2.77. The number of hydrogen-bond donors (Lipinski definition) is 0. The molecule has 0 bridgehead atoms. The van der Waals surface area contributed by atoms with Crippen LogP contribution in [-0.4, -0.2) is 0 Å². The standard InChI is InChI=1S/2C5H5.2FH.Zr/c2*1-2-4-5-3-1;;;/h2*1-5H;2*1H;/q;;;;+2/p-2. The van der Waals surface area contributed by atoms with E-state index in [1.54, 1.807) is 0 Å². The van der Waals surface area contributed by atoms with Crippen LogP contribution in [0.15, 0.2) is 0 Å². The normalized spacial score (nSPS) is 19.5. The zero-order valence-electron chi connectivity index (χ0n) is 7.03. The molecule has 2 saturated carbocycles. The van der Waals surface area contributed by atoms with Crippen molar-refractivity contribution in [3.63, 3.8) is 0 Å². The van der Waals surface area contributed by atoms with Crippen molar-refractivity contribution in [3.05, 3.63) is 64.2 Å². The maximum absolute atomic E-state index is 9.80. The quantitative estimate of drug-likeness (QED) is 0.627. The fourth-order valence-electron chi connectivity index (χ4n) is 0.642. The molecule has 2 fully saturated rings. The predicted molar refractivity (Wildman–Crippen MR) is 45.2 cm³/mol. The molecule has 0 N–H and O–H groups in total. The van der Waals surface area contributed by atoms with Crippen LogP contribution in [0.5, 0.6) is 0 Å². The van der Waals surface area contributed by atoms with E-state index in [9.17, 15) is 5.25 Å². The summed E-state index contributed by atoms with van der Waals surface area (Å²) in [6, 6.07) is 0. The molecule has 2 aliphatic carbocycles. The molecule has 0 aromatic rings. The van der Waals surface area contributed by atoms with E-state index in [1.807, 2.05) is 64.2 Å². The second-order valence-electron chi connectivity index (χ2n) is 2.00. The molecule has 0 unspecified atom stereocenters. The van der Waals surface area contributed by atoms with E-state index in [-0.39, 0.29) is 0 Å². The van der Waals surface area contributed by atoms with Crippen LogP contribution in [-0.2, 0) is 24.5 Å². The molecule has 0 spiro atoms. The number of hydrogen-bond acceptors (Lipinski definition) is 0. The van der Waals surface area contributed by atoms with Crippen LogP contribution in [0.2, 0.25) is 0 Å². The molecule has 2 rings (SSSR count). The van der Waals surface area contributed by atoms with Crippen LogP contribution in [0.25, 0.3) is 0 Å². The molecule has 2 aliphatic rings. The average molecular weight is 259 g/mol. The van der Waals surface area contributed by atoms with Gasteiger partial charge in [0.2, 0.25) is 0 Å². The fraction of sp³-hybridized carbons (Fsp3) is 0. The van der Waals surface area contributed by atoms with E-state index in [4.69, 9.17) is 0 Å². The van der Waals surface area contributed by atoms with Gasteiger partial charge in [0, 0.05) is 0 Å². The molecule has 13 heavy (non-hydrogen) atoms. The number of rotatable bonds is 0. The second kappa shape index (κ2) is 12.7. The van der Waals surface area contributed by atoms with Crippen molar-refractivity contribution in [1.82, 2.24) is 0 Å². The van der Waals surface area contributed by atoms with Gasteiger partial charge in [0.15, 0.2) is 0 Å². The summed E-state index contributed by atoms with van der Waals surface area (Å²) in [5.41, 5.74) is 0. The Labute approximate surface area is 93.8 Å². The first-order valence-corrected chi connectivity index (χ1v) is 5.57. The van der Waals surface area contributed by atoms with Gasteiger partial charge in [-0.2, -0.15) is 0 Å². The summed E-state index contributed by atoms with van der Waals surface area (Å²) in [6.07, 6.45) is 20.0. The van der Waals surface area contributed by atoms with E-state index >= 15 is 0 Å². The van der Waals surface area contributed by atoms with Crippen molar-refractivity contribution in [1.29, 1.82) is 0 Å². The third kappa shape index (κ3) is 12.7. The predicted octanol–water partition coefficient (Wildman–Crippen LogP) is 2.88. The fourth-order valence-corrected chi connectivity index (χ4v) is 0.642. The molecule has 0 amide bonds. The Kier molecular flexibility index (Phi) is 13.5. The van der Waals surface area contributed by atoms with Gasteiger partial charge in [-0.15, -0.1) is 0 Å². The van der Waals surface area contributed by atoms with E-state index in [0.29, 0.717) is 0 Å². The molecular formula is C10H10F2Zr. The molecule has 0 atom stereocenters. The summed E-state index contributed by atoms with van der Waals surface area (Å²) in [5.74, 6) is 0. The van der Waals surface area contributed by atoms with E-state index < -0.39 is 24.5 Å². The van der Waals surface area contributed by atoms with E-state index in [0.717, 1.165) is 0 Å². The van der Waals surface area contributed by atoms with Crippen LogP contribution in [0.1, 0.15) is 0 Å². The van der Waals surface area contributed by atoms with Gasteiger partial charge >= 0.3 is 29.7 Å². The maximum atomic E-state index is 9.80.